The van der Waals surface area contributed by atoms with Crippen LogP contribution in [-0.2, 0) is 9.59 Å². The Kier molecular flexibility index (Phi) is 8.29. The van der Waals surface area contributed by atoms with Crippen LogP contribution in [0.4, 0.5) is 5.69 Å². The monoisotopic (exact) mass is 529 g/mol. The number of carbonyl (C=O) groups is 2. The van der Waals surface area contributed by atoms with E-state index in [0.29, 0.717) is 41.7 Å². The molecule has 0 saturated carbocycles. The van der Waals surface area contributed by atoms with Gasteiger partial charge in [0.05, 0.1) is 24.8 Å². The molecule has 0 radical (unpaired) electrons. The molecule has 3 aromatic carbocycles. The lowest BCUT2D eigenvalue weighted by Crippen LogP contribution is -2.29. The van der Waals surface area contributed by atoms with E-state index in [1.807, 2.05) is 26.0 Å². The fraction of sp³-hybridized carbons (Fsp3) is 0.312. The molecule has 39 heavy (non-hydrogen) atoms. The highest BCUT2D eigenvalue weighted by molar-refractivity contribution is 6.51. The van der Waals surface area contributed by atoms with Crippen LogP contribution < -0.4 is 14.4 Å². The van der Waals surface area contributed by atoms with Crippen molar-refractivity contribution in [2.75, 3.05) is 18.1 Å². The standard InChI is InChI=1S/C32H35NO6/c1-6-16-39-26-15-11-23(17-20(26)5)30(35)28-29(22-10-14-25(34)27(18-22)38-7-2)33(32(37)31(28)36)24-12-8-21(9-13-24)19(3)4/h8-15,17-19,29,34-35H,6-7,16H2,1-5H3/b30-28-. The van der Waals surface area contributed by atoms with Gasteiger partial charge in [0.2, 0.25) is 0 Å². The summed E-state index contributed by atoms with van der Waals surface area (Å²) in [5.74, 6) is -0.666. The summed E-state index contributed by atoms with van der Waals surface area (Å²) >= 11 is 0. The summed E-state index contributed by atoms with van der Waals surface area (Å²) in [5, 5.41) is 21.8. The number of rotatable bonds is 9. The zero-order valence-corrected chi connectivity index (χ0v) is 23.0. The van der Waals surface area contributed by atoms with Crippen LogP contribution in [-0.4, -0.2) is 35.1 Å². The molecule has 1 heterocycles. The van der Waals surface area contributed by atoms with Gasteiger partial charge in [-0.15, -0.1) is 0 Å². The van der Waals surface area contributed by atoms with Crippen LogP contribution in [0.5, 0.6) is 17.2 Å². The first kappa shape index (κ1) is 27.8. The molecule has 1 fully saturated rings. The average Bonchev–Trinajstić information content (AvgIpc) is 3.19. The highest BCUT2D eigenvalue weighted by Gasteiger charge is 2.47. The van der Waals surface area contributed by atoms with Gasteiger partial charge < -0.3 is 19.7 Å². The first-order valence-corrected chi connectivity index (χ1v) is 13.3. The largest absolute Gasteiger partial charge is 0.507 e. The summed E-state index contributed by atoms with van der Waals surface area (Å²) in [7, 11) is 0. The smallest absolute Gasteiger partial charge is 0.300 e. The number of phenolic OH excluding ortho intramolecular Hbond substituents is 1. The molecule has 1 unspecified atom stereocenters. The summed E-state index contributed by atoms with van der Waals surface area (Å²) in [4.78, 5) is 28.4. The molecule has 1 atom stereocenters. The van der Waals surface area contributed by atoms with Crippen molar-refractivity contribution in [3.63, 3.8) is 0 Å². The molecule has 0 bridgehead atoms. The molecule has 1 aliphatic heterocycles. The summed E-state index contributed by atoms with van der Waals surface area (Å²) in [5.41, 5.74) is 3.29. The molecule has 4 rings (SSSR count). The van der Waals surface area contributed by atoms with Gasteiger partial charge in [0.25, 0.3) is 11.7 Å². The van der Waals surface area contributed by atoms with Crippen LogP contribution in [0.2, 0.25) is 0 Å². The Morgan fingerprint density at radius 1 is 0.949 bits per heavy atom. The fourth-order valence-corrected chi connectivity index (χ4v) is 4.73. The molecule has 1 amide bonds. The van der Waals surface area contributed by atoms with Crippen LogP contribution in [0.3, 0.4) is 0 Å². The lowest BCUT2D eigenvalue weighted by Gasteiger charge is -2.26. The maximum Gasteiger partial charge on any atom is 0.300 e. The van der Waals surface area contributed by atoms with Gasteiger partial charge in [0.15, 0.2) is 11.5 Å². The molecule has 2 N–H and O–H groups in total. The van der Waals surface area contributed by atoms with Crippen molar-refractivity contribution in [1.29, 1.82) is 0 Å². The fourth-order valence-electron chi connectivity index (χ4n) is 4.73. The number of phenols is 1. The maximum atomic E-state index is 13.5. The predicted octanol–water partition coefficient (Wildman–Crippen LogP) is 6.64. The summed E-state index contributed by atoms with van der Waals surface area (Å²) in [6.45, 7) is 10.7. The molecule has 0 aromatic heterocycles. The quantitative estimate of drug-likeness (QED) is 0.183. The number of ether oxygens (including phenoxy) is 2. The third-order valence-corrected chi connectivity index (χ3v) is 6.79. The number of aliphatic hydroxyl groups is 1. The molecule has 1 saturated heterocycles. The number of nitrogens with zero attached hydrogens (tertiary/aromatic N) is 1. The van der Waals surface area contributed by atoms with Gasteiger partial charge in [-0.1, -0.05) is 39.0 Å². The van der Waals surface area contributed by atoms with Gasteiger partial charge in [0, 0.05) is 11.3 Å². The molecule has 1 aliphatic rings. The number of benzene rings is 3. The van der Waals surface area contributed by atoms with Crippen molar-refractivity contribution in [2.24, 2.45) is 0 Å². The molecule has 204 valence electrons. The number of hydrogen-bond donors (Lipinski definition) is 2. The van der Waals surface area contributed by atoms with Crippen LogP contribution in [0.25, 0.3) is 5.76 Å². The number of ketones is 1. The minimum atomic E-state index is -0.939. The second-order valence-electron chi connectivity index (χ2n) is 9.90. The zero-order chi connectivity index (χ0) is 28.3. The van der Waals surface area contributed by atoms with E-state index in [2.05, 4.69) is 13.8 Å². The minimum absolute atomic E-state index is 0.0392. The van der Waals surface area contributed by atoms with Gasteiger partial charge in [-0.05, 0) is 85.3 Å². The van der Waals surface area contributed by atoms with E-state index in [9.17, 15) is 19.8 Å². The van der Waals surface area contributed by atoms with E-state index in [1.54, 1.807) is 49.4 Å². The molecule has 7 heteroatoms. The van der Waals surface area contributed by atoms with Crippen LogP contribution in [0.15, 0.2) is 66.2 Å². The van der Waals surface area contributed by atoms with E-state index >= 15 is 0 Å². The SMILES string of the molecule is CCCOc1ccc(/C(O)=C2/C(=O)C(=O)N(c3ccc(C(C)C)cc3)C2c2ccc(O)c(OCC)c2)cc1C. The molecule has 0 spiro atoms. The van der Waals surface area contributed by atoms with Crippen molar-refractivity contribution in [3.05, 3.63) is 88.5 Å². The molecule has 7 nitrogen and oxygen atoms in total. The number of hydrogen-bond acceptors (Lipinski definition) is 6. The predicted molar refractivity (Wildman–Crippen MR) is 152 cm³/mol. The Hall–Kier alpha value is -4.26. The van der Waals surface area contributed by atoms with Crippen LogP contribution in [0.1, 0.15) is 68.3 Å². The van der Waals surface area contributed by atoms with Gasteiger partial charge in [-0.2, -0.15) is 0 Å². The summed E-state index contributed by atoms with van der Waals surface area (Å²) in [6, 6.07) is 16.4. The molecular formula is C32H35NO6. The first-order valence-electron chi connectivity index (χ1n) is 13.3. The highest BCUT2D eigenvalue weighted by Crippen LogP contribution is 2.44. The molecular weight excluding hydrogens is 494 g/mol. The number of aliphatic hydroxyl groups excluding tert-OH is 1. The third-order valence-electron chi connectivity index (χ3n) is 6.79. The second-order valence-corrected chi connectivity index (χ2v) is 9.90. The number of amides is 1. The normalized spacial score (nSPS) is 16.7. The third kappa shape index (κ3) is 5.48. The van der Waals surface area contributed by atoms with E-state index in [4.69, 9.17) is 9.47 Å². The van der Waals surface area contributed by atoms with Gasteiger partial charge >= 0.3 is 0 Å². The summed E-state index contributed by atoms with van der Waals surface area (Å²) in [6.07, 6.45) is 0.860. The number of aryl methyl sites for hydroxylation is 1. The molecule has 0 aliphatic carbocycles. The Bertz CT molecular complexity index is 1410. The van der Waals surface area contributed by atoms with E-state index in [1.165, 1.54) is 11.0 Å². The Labute approximate surface area is 229 Å². The number of aromatic hydroxyl groups is 1. The Morgan fingerprint density at radius 3 is 2.28 bits per heavy atom. The van der Waals surface area contributed by atoms with Crippen molar-refractivity contribution < 1.29 is 29.3 Å². The van der Waals surface area contributed by atoms with Gasteiger partial charge in [-0.25, -0.2) is 0 Å². The van der Waals surface area contributed by atoms with E-state index in [0.717, 1.165) is 17.5 Å². The Balaban J connectivity index is 1.89. The van der Waals surface area contributed by atoms with E-state index in [-0.39, 0.29) is 22.8 Å². The van der Waals surface area contributed by atoms with Crippen molar-refractivity contribution in [1.82, 2.24) is 0 Å². The number of anilines is 1. The van der Waals surface area contributed by atoms with Gasteiger partial charge in [-0.3, -0.25) is 14.5 Å². The number of Topliss-reactive ketones (excluding diaryl/α,β-unsaturated/α-hetero) is 1. The number of carbonyl (C=O) groups excluding carboxylic acids is 2. The minimum Gasteiger partial charge on any atom is -0.507 e. The topological polar surface area (TPSA) is 96.3 Å². The lowest BCUT2D eigenvalue weighted by molar-refractivity contribution is -0.132. The van der Waals surface area contributed by atoms with Crippen LogP contribution in [0, 0.1) is 6.92 Å². The zero-order valence-electron chi connectivity index (χ0n) is 23.0. The highest BCUT2D eigenvalue weighted by atomic mass is 16.5. The molecule has 3 aromatic rings. The van der Waals surface area contributed by atoms with Crippen LogP contribution >= 0.6 is 0 Å². The second kappa shape index (κ2) is 11.6. The Morgan fingerprint density at radius 2 is 1.67 bits per heavy atom. The maximum absolute atomic E-state index is 13.5. The summed E-state index contributed by atoms with van der Waals surface area (Å²) < 4.78 is 11.3. The van der Waals surface area contributed by atoms with Gasteiger partial charge in [0.1, 0.15) is 11.5 Å². The average molecular weight is 530 g/mol. The van der Waals surface area contributed by atoms with E-state index < -0.39 is 17.7 Å². The van der Waals surface area contributed by atoms with Crippen molar-refractivity contribution in [2.45, 2.75) is 53.0 Å². The first-order chi connectivity index (χ1) is 18.7. The van der Waals surface area contributed by atoms with Crippen molar-refractivity contribution in [3.8, 4) is 17.2 Å². The lowest BCUT2D eigenvalue weighted by atomic mass is 9.94. The van der Waals surface area contributed by atoms with Crippen molar-refractivity contribution >= 4 is 23.1 Å².